The highest BCUT2D eigenvalue weighted by molar-refractivity contribution is 5.81. The zero-order valence-electron chi connectivity index (χ0n) is 12.9. The lowest BCUT2D eigenvalue weighted by molar-refractivity contribution is -0.156. The molecule has 0 aromatic heterocycles. The Morgan fingerprint density at radius 1 is 1.23 bits per heavy atom. The highest BCUT2D eigenvalue weighted by Gasteiger charge is 2.38. The predicted molar refractivity (Wildman–Crippen MR) is 81.6 cm³/mol. The van der Waals surface area contributed by atoms with Gasteiger partial charge in [0.1, 0.15) is 5.75 Å². The summed E-state index contributed by atoms with van der Waals surface area (Å²) < 4.78 is 17.0. The van der Waals surface area contributed by atoms with E-state index in [1.165, 1.54) is 0 Å². The van der Waals surface area contributed by atoms with Crippen LogP contribution >= 0.6 is 0 Å². The maximum atomic E-state index is 12.8. The van der Waals surface area contributed by atoms with Crippen molar-refractivity contribution in [3.8, 4) is 5.75 Å². The number of nitrogens with zero attached hydrogens (tertiary/aromatic N) is 1. The number of rotatable bonds is 4. The Morgan fingerprint density at radius 2 is 1.95 bits per heavy atom. The van der Waals surface area contributed by atoms with Crippen LogP contribution in [0.15, 0.2) is 30.3 Å². The van der Waals surface area contributed by atoms with Crippen molar-refractivity contribution in [3.05, 3.63) is 30.3 Å². The summed E-state index contributed by atoms with van der Waals surface area (Å²) in [4.78, 5) is 14.6. The Kier molecular flexibility index (Phi) is 4.95. The molecule has 2 aliphatic heterocycles. The van der Waals surface area contributed by atoms with Gasteiger partial charge in [0.2, 0.25) is 0 Å². The molecule has 2 aliphatic rings. The van der Waals surface area contributed by atoms with Crippen LogP contribution in [0, 0.1) is 0 Å². The molecular formula is C17H23NO4. The maximum absolute atomic E-state index is 12.8. The van der Waals surface area contributed by atoms with Gasteiger partial charge in [0.25, 0.3) is 5.91 Å². The number of piperidine rings is 1. The molecule has 1 amide bonds. The van der Waals surface area contributed by atoms with Crippen LogP contribution in [0.1, 0.15) is 26.2 Å². The molecular weight excluding hydrogens is 282 g/mol. The fourth-order valence-corrected chi connectivity index (χ4v) is 3.10. The quantitative estimate of drug-likeness (QED) is 0.856. The van der Waals surface area contributed by atoms with E-state index in [0.29, 0.717) is 19.0 Å². The molecule has 1 aromatic carbocycles. The molecule has 2 fully saturated rings. The monoisotopic (exact) mass is 305 g/mol. The van der Waals surface area contributed by atoms with Crippen molar-refractivity contribution in [2.24, 2.45) is 0 Å². The van der Waals surface area contributed by atoms with Gasteiger partial charge in [0.15, 0.2) is 12.4 Å². The van der Waals surface area contributed by atoms with E-state index in [9.17, 15) is 4.79 Å². The molecule has 0 N–H and O–H groups in total. The molecule has 3 rings (SSSR count). The van der Waals surface area contributed by atoms with E-state index in [2.05, 4.69) is 0 Å². The van der Waals surface area contributed by atoms with E-state index in [1.54, 1.807) is 6.92 Å². The lowest BCUT2D eigenvalue weighted by atomic mass is 10.0. The number of hydrogen-bond acceptors (Lipinski definition) is 4. The van der Waals surface area contributed by atoms with E-state index >= 15 is 0 Å². The summed E-state index contributed by atoms with van der Waals surface area (Å²) >= 11 is 0. The van der Waals surface area contributed by atoms with Crippen LogP contribution in [0.3, 0.4) is 0 Å². The Morgan fingerprint density at radius 3 is 2.68 bits per heavy atom. The smallest absolute Gasteiger partial charge is 0.263 e. The summed E-state index contributed by atoms with van der Waals surface area (Å²) in [5.74, 6) is 0.720. The topological polar surface area (TPSA) is 48.0 Å². The number of carbonyl (C=O) groups excluding carboxylic acids is 1. The third kappa shape index (κ3) is 3.42. The zero-order valence-corrected chi connectivity index (χ0v) is 12.9. The molecule has 120 valence electrons. The van der Waals surface area contributed by atoms with Crippen molar-refractivity contribution in [2.75, 3.05) is 19.8 Å². The molecule has 2 atom stereocenters. The minimum atomic E-state index is -0.510. The van der Waals surface area contributed by atoms with Gasteiger partial charge in [-0.1, -0.05) is 18.2 Å². The van der Waals surface area contributed by atoms with Gasteiger partial charge in [0.05, 0.1) is 19.3 Å². The lowest BCUT2D eigenvalue weighted by Gasteiger charge is -2.39. The molecule has 1 aromatic rings. The molecule has 2 heterocycles. The standard InChI is InChI=1S/C17H23NO4/c1-13(22-14-7-3-2-4-8-14)16(19)18-10-6-5-9-15(18)17-20-11-12-21-17/h2-4,7-8,13,15,17H,5-6,9-12H2,1H3. The Hall–Kier alpha value is -1.59. The van der Waals surface area contributed by atoms with Gasteiger partial charge in [-0.25, -0.2) is 0 Å². The lowest BCUT2D eigenvalue weighted by Crippen LogP contribution is -2.53. The Bertz CT molecular complexity index is 487. The van der Waals surface area contributed by atoms with Crippen LogP contribution < -0.4 is 4.74 Å². The molecule has 5 heteroatoms. The van der Waals surface area contributed by atoms with E-state index in [-0.39, 0.29) is 18.2 Å². The molecule has 0 saturated carbocycles. The molecule has 0 aliphatic carbocycles. The number of hydrogen-bond donors (Lipinski definition) is 0. The first-order valence-electron chi connectivity index (χ1n) is 8.01. The summed E-state index contributed by atoms with van der Waals surface area (Å²) in [6.45, 7) is 3.77. The van der Waals surface area contributed by atoms with Crippen molar-refractivity contribution >= 4 is 5.91 Å². The van der Waals surface area contributed by atoms with Gasteiger partial charge < -0.3 is 19.1 Å². The summed E-state index contributed by atoms with van der Waals surface area (Å²) in [6.07, 6.45) is 2.25. The number of para-hydroxylation sites is 1. The molecule has 22 heavy (non-hydrogen) atoms. The van der Waals surface area contributed by atoms with Crippen molar-refractivity contribution < 1.29 is 19.0 Å². The van der Waals surface area contributed by atoms with Crippen molar-refractivity contribution in [1.29, 1.82) is 0 Å². The van der Waals surface area contributed by atoms with Crippen LogP contribution in [0.4, 0.5) is 0 Å². The van der Waals surface area contributed by atoms with Gasteiger partial charge in [-0.15, -0.1) is 0 Å². The van der Waals surface area contributed by atoms with Crippen molar-refractivity contribution in [1.82, 2.24) is 4.90 Å². The predicted octanol–water partition coefficient (Wildman–Crippen LogP) is 2.21. The molecule has 0 spiro atoms. The van der Waals surface area contributed by atoms with E-state index in [1.807, 2.05) is 35.2 Å². The Balaban J connectivity index is 1.65. The number of carbonyl (C=O) groups is 1. The fraction of sp³-hybridized carbons (Fsp3) is 0.588. The second-order valence-corrected chi connectivity index (χ2v) is 5.78. The minimum absolute atomic E-state index is 0.00516. The SMILES string of the molecule is CC(Oc1ccccc1)C(=O)N1CCCCC1C1OCCO1. The zero-order chi connectivity index (χ0) is 15.4. The first kappa shape index (κ1) is 15.3. The highest BCUT2D eigenvalue weighted by Crippen LogP contribution is 2.25. The molecule has 5 nitrogen and oxygen atoms in total. The van der Waals surface area contributed by atoms with Gasteiger partial charge in [0, 0.05) is 6.54 Å². The van der Waals surface area contributed by atoms with Crippen molar-refractivity contribution in [2.45, 2.75) is 44.6 Å². The molecule has 0 radical (unpaired) electrons. The van der Waals surface area contributed by atoms with Gasteiger partial charge in [-0.2, -0.15) is 0 Å². The average molecular weight is 305 g/mol. The molecule has 2 unspecified atom stereocenters. The number of likely N-dealkylation sites (tertiary alicyclic amines) is 1. The van der Waals surface area contributed by atoms with Crippen LogP contribution in [0.2, 0.25) is 0 Å². The largest absolute Gasteiger partial charge is 0.481 e. The summed E-state index contributed by atoms with van der Waals surface area (Å²) in [5.41, 5.74) is 0. The fourth-order valence-electron chi connectivity index (χ4n) is 3.10. The number of ether oxygens (including phenoxy) is 3. The third-order valence-corrected chi connectivity index (χ3v) is 4.20. The number of benzene rings is 1. The molecule has 0 bridgehead atoms. The van der Waals surface area contributed by atoms with Crippen molar-refractivity contribution in [3.63, 3.8) is 0 Å². The normalized spacial score (nSPS) is 24.2. The Labute approximate surface area is 131 Å². The average Bonchev–Trinajstić information content (AvgIpc) is 3.09. The maximum Gasteiger partial charge on any atom is 0.263 e. The second kappa shape index (κ2) is 7.11. The highest BCUT2D eigenvalue weighted by atomic mass is 16.7. The van der Waals surface area contributed by atoms with Gasteiger partial charge in [-0.3, -0.25) is 4.79 Å². The summed E-state index contributed by atoms with van der Waals surface area (Å²) in [7, 11) is 0. The second-order valence-electron chi connectivity index (χ2n) is 5.78. The third-order valence-electron chi connectivity index (χ3n) is 4.20. The van der Waals surface area contributed by atoms with Crippen LogP contribution in [0.5, 0.6) is 5.75 Å². The van der Waals surface area contributed by atoms with Crippen LogP contribution in [-0.4, -0.2) is 49.0 Å². The first-order valence-corrected chi connectivity index (χ1v) is 8.01. The van der Waals surface area contributed by atoms with Gasteiger partial charge in [-0.05, 0) is 38.3 Å². The van der Waals surface area contributed by atoms with E-state index in [0.717, 1.165) is 25.8 Å². The van der Waals surface area contributed by atoms with Crippen LogP contribution in [0.25, 0.3) is 0 Å². The molecule has 2 saturated heterocycles. The summed E-state index contributed by atoms with van der Waals surface area (Å²) in [6, 6.07) is 9.45. The van der Waals surface area contributed by atoms with E-state index < -0.39 is 6.10 Å². The van der Waals surface area contributed by atoms with Gasteiger partial charge >= 0.3 is 0 Å². The number of amides is 1. The van der Waals surface area contributed by atoms with Crippen LogP contribution in [-0.2, 0) is 14.3 Å². The first-order chi connectivity index (χ1) is 10.8. The summed E-state index contributed by atoms with van der Waals surface area (Å²) in [5, 5.41) is 0. The minimum Gasteiger partial charge on any atom is -0.481 e. The van der Waals surface area contributed by atoms with E-state index in [4.69, 9.17) is 14.2 Å².